The molecule has 54 heavy (non-hydrogen) atoms. The van der Waals surface area contributed by atoms with Crippen molar-refractivity contribution in [3.8, 4) is 0 Å². The van der Waals surface area contributed by atoms with Crippen molar-refractivity contribution in [2.45, 2.75) is 104 Å². The van der Waals surface area contributed by atoms with Crippen LogP contribution in [0.4, 0.5) is 0 Å². The number of aromatic nitrogens is 3. The highest BCUT2D eigenvalue weighted by atomic mass is 16.5. The van der Waals surface area contributed by atoms with Gasteiger partial charge in [0.2, 0.25) is 11.8 Å². The minimum absolute atomic E-state index is 0.0302. The zero-order chi connectivity index (χ0) is 39.8. The summed E-state index contributed by atoms with van der Waals surface area (Å²) in [5.41, 5.74) is 3.75. The summed E-state index contributed by atoms with van der Waals surface area (Å²) in [4.78, 5) is 29.9. The molecule has 2 atom stereocenters. The van der Waals surface area contributed by atoms with Gasteiger partial charge in [-0.15, -0.1) is 5.10 Å². The second-order valence-corrected chi connectivity index (χ2v) is 14.8. The zero-order valence-electron chi connectivity index (χ0n) is 34.7. The molecule has 0 saturated heterocycles. The van der Waals surface area contributed by atoms with Crippen LogP contribution < -0.4 is 10.6 Å². The standard InChI is InChI=1S/C39H71N7O8/c1-10-40-17-12-20-51-22-24-53-25-23-52-21-13-18-41-35(47)14-11-15-36(48)45-19-16-33-37(38(50-9)34(28-45)49-8)42-43-46(33)27-32(3)30-54-29-31(2)26-44(7)39(4,5)6/h29-30,34,38,40H,10-28H2,1-9H3,(H,41,47)/b31-29+,32-30+/t34-,38+/m0/s1. The van der Waals surface area contributed by atoms with Gasteiger partial charge in [0.05, 0.1) is 51.2 Å². The molecule has 15 nitrogen and oxygen atoms in total. The average Bonchev–Trinajstić information content (AvgIpc) is 3.50. The van der Waals surface area contributed by atoms with Gasteiger partial charge in [0.1, 0.15) is 17.9 Å². The van der Waals surface area contributed by atoms with Crippen LogP contribution in [0.2, 0.25) is 0 Å². The smallest absolute Gasteiger partial charge is 0.222 e. The summed E-state index contributed by atoms with van der Waals surface area (Å²) >= 11 is 0. The lowest BCUT2D eigenvalue weighted by atomic mass is 10.0. The van der Waals surface area contributed by atoms with Crippen LogP contribution in [0.3, 0.4) is 0 Å². The number of methoxy groups -OCH3 is 2. The molecular formula is C39H71N7O8. The molecule has 0 bridgehead atoms. The number of nitrogens with one attached hydrogen (secondary N) is 2. The Hall–Kier alpha value is -2.92. The maximum Gasteiger partial charge on any atom is 0.222 e. The predicted molar refractivity (Wildman–Crippen MR) is 209 cm³/mol. The SMILES string of the molecule is CCNCCCOCCOCCOCCCNC(=O)CCCC(=O)N1CCc2c(nnn2C/C(C)=C/O/C=C(\C)CN(C)C(C)(C)C)[C@H](OC)[C@@H](OC)C1. The third kappa shape index (κ3) is 18.6. The second-order valence-electron chi connectivity index (χ2n) is 14.8. The Labute approximate surface area is 324 Å². The monoisotopic (exact) mass is 766 g/mol. The fourth-order valence-corrected chi connectivity index (χ4v) is 5.72. The van der Waals surface area contributed by atoms with Crippen molar-refractivity contribution >= 4 is 11.8 Å². The highest BCUT2D eigenvalue weighted by molar-refractivity contribution is 5.79. The third-order valence-electron chi connectivity index (χ3n) is 9.19. The lowest BCUT2D eigenvalue weighted by Crippen LogP contribution is -2.44. The van der Waals surface area contributed by atoms with Crippen molar-refractivity contribution in [1.82, 2.24) is 35.4 Å². The summed E-state index contributed by atoms with van der Waals surface area (Å²) in [5.74, 6) is -0.106. The number of allylic oxidation sites excluding steroid dienone is 1. The molecule has 15 heteroatoms. The van der Waals surface area contributed by atoms with Crippen LogP contribution in [-0.4, -0.2) is 148 Å². The maximum absolute atomic E-state index is 13.4. The molecule has 1 aromatic rings. The van der Waals surface area contributed by atoms with Gasteiger partial charge in [-0.3, -0.25) is 14.5 Å². The number of hydrogen-bond acceptors (Lipinski definition) is 12. The van der Waals surface area contributed by atoms with E-state index in [0.717, 1.165) is 49.5 Å². The number of carbonyl (C=O) groups excluding carboxylic acids is 2. The quantitative estimate of drug-likeness (QED) is 0.0995. The third-order valence-corrected chi connectivity index (χ3v) is 9.19. The van der Waals surface area contributed by atoms with Crippen LogP contribution in [0.5, 0.6) is 0 Å². The number of fused-ring (bicyclic) bond motifs is 1. The first-order valence-electron chi connectivity index (χ1n) is 19.5. The fraction of sp³-hybridized carbons (Fsp3) is 0.795. The van der Waals surface area contributed by atoms with E-state index in [9.17, 15) is 9.59 Å². The van der Waals surface area contributed by atoms with E-state index >= 15 is 0 Å². The first-order valence-corrected chi connectivity index (χ1v) is 19.5. The normalized spacial score (nSPS) is 17.0. The van der Waals surface area contributed by atoms with Gasteiger partial charge in [-0.25, -0.2) is 4.68 Å². The van der Waals surface area contributed by atoms with E-state index in [2.05, 4.69) is 67.5 Å². The molecule has 1 aliphatic heterocycles. The molecule has 1 aromatic heterocycles. The number of rotatable bonds is 27. The molecule has 1 aliphatic rings. The first kappa shape index (κ1) is 47.2. The van der Waals surface area contributed by atoms with E-state index in [1.165, 1.54) is 0 Å². The van der Waals surface area contributed by atoms with E-state index < -0.39 is 12.2 Å². The Kier molecular flexibility index (Phi) is 23.4. The summed E-state index contributed by atoms with van der Waals surface area (Å²) < 4.78 is 36.0. The van der Waals surface area contributed by atoms with Gasteiger partial charge in [-0.2, -0.15) is 0 Å². The topological polar surface area (TPSA) is 151 Å². The lowest BCUT2D eigenvalue weighted by molar-refractivity contribution is -0.135. The molecule has 2 rings (SSSR count). The maximum atomic E-state index is 13.4. The molecule has 2 amide bonds. The summed E-state index contributed by atoms with van der Waals surface area (Å²) in [6.07, 6.45) is 5.81. The Balaban J connectivity index is 1.76. The number of likely N-dealkylation sites (N-methyl/N-ethyl adjacent to an activating group) is 1. The first-order chi connectivity index (χ1) is 25.9. The average molecular weight is 766 g/mol. The van der Waals surface area contributed by atoms with Crippen LogP contribution >= 0.6 is 0 Å². The van der Waals surface area contributed by atoms with Gasteiger partial charge in [0.25, 0.3) is 0 Å². The molecule has 0 saturated carbocycles. The van der Waals surface area contributed by atoms with Gasteiger partial charge < -0.3 is 44.0 Å². The zero-order valence-corrected chi connectivity index (χ0v) is 34.7. The van der Waals surface area contributed by atoms with Crippen molar-refractivity contribution in [3.63, 3.8) is 0 Å². The summed E-state index contributed by atoms with van der Waals surface area (Å²) in [6, 6.07) is 0. The number of amides is 2. The number of carbonyl (C=O) groups is 2. The van der Waals surface area contributed by atoms with Crippen LogP contribution in [-0.2, 0) is 51.0 Å². The molecular weight excluding hydrogens is 694 g/mol. The molecule has 0 radical (unpaired) electrons. The predicted octanol–water partition coefficient (Wildman–Crippen LogP) is 3.65. The van der Waals surface area contributed by atoms with Crippen molar-refractivity contribution in [2.75, 3.05) is 100 Å². The molecule has 0 spiro atoms. The van der Waals surface area contributed by atoms with Gasteiger partial charge in [-0.05, 0) is 85.2 Å². The summed E-state index contributed by atoms with van der Waals surface area (Å²) in [7, 11) is 5.32. The number of nitrogens with zero attached hydrogens (tertiary/aromatic N) is 5. The molecule has 2 N–H and O–H groups in total. The number of ether oxygens (including phenoxy) is 6. The highest BCUT2D eigenvalue weighted by Crippen LogP contribution is 2.28. The van der Waals surface area contributed by atoms with Gasteiger partial charge in [-0.1, -0.05) is 12.1 Å². The van der Waals surface area contributed by atoms with Gasteiger partial charge in [0, 0.05) is 78.4 Å². The fourth-order valence-electron chi connectivity index (χ4n) is 5.72. The molecule has 0 aromatic carbocycles. The molecule has 0 aliphatic carbocycles. The van der Waals surface area contributed by atoms with E-state index in [4.69, 9.17) is 28.4 Å². The van der Waals surface area contributed by atoms with Crippen LogP contribution in [0.25, 0.3) is 0 Å². The highest BCUT2D eigenvalue weighted by Gasteiger charge is 2.34. The van der Waals surface area contributed by atoms with Crippen LogP contribution in [0.1, 0.15) is 91.1 Å². The van der Waals surface area contributed by atoms with Crippen LogP contribution in [0.15, 0.2) is 23.7 Å². The van der Waals surface area contributed by atoms with Gasteiger partial charge in [0.15, 0.2) is 0 Å². The molecule has 0 fully saturated rings. The Bertz CT molecular complexity index is 1270. The lowest BCUT2D eigenvalue weighted by Gasteiger charge is -2.33. The van der Waals surface area contributed by atoms with E-state index in [0.29, 0.717) is 84.2 Å². The van der Waals surface area contributed by atoms with Crippen molar-refractivity contribution < 1.29 is 38.0 Å². The van der Waals surface area contributed by atoms with Gasteiger partial charge >= 0.3 is 0 Å². The summed E-state index contributed by atoms with van der Waals surface area (Å²) in [6.45, 7) is 20.6. The van der Waals surface area contributed by atoms with E-state index in [1.807, 2.05) is 11.6 Å². The molecule has 2 heterocycles. The minimum atomic E-state index is -0.495. The second kappa shape index (κ2) is 26.8. The Morgan fingerprint density at radius 2 is 1.56 bits per heavy atom. The van der Waals surface area contributed by atoms with E-state index in [-0.39, 0.29) is 30.2 Å². The molecule has 310 valence electrons. The number of hydrogen-bond donors (Lipinski definition) is 2. The van der Waals surface area contributed by atoms with Crippen LogP contribution in [0, 0.1) is 0 Å². The van der Waals surface area contributed by atoms with Crippen molar-refractivity contribution in [2.24, 2.45) is 0 Å². The van der Waals surface area contributed by atoms with E-state index in [1.54, 1.807) is 31.6 Å². The minimum Gasteiger partial charge on any atom is -0.473 e. The Morgan fingerprint density at radius 1 is 0.907 bits per heavy atom. The van der Waals surface area contributed by atoms with Crippen molar-refractivity contribution in [1.29, 1.82) is 0 Å². The van der Waals surface area contributed by atoms with Crippen molar-refractivity contribution in [3.05, 3.63) is 35.1 Å². The largest absolute Gasteiger partial charge is 0.473 e. The Morgan fingerprint density at radius 3 is 2.19 bits per heavy atom. The molecule has 0 unspecified atom stereocenters. The summed E-state index contributed by atoms with van der Waals surface area (Å²) in [5, 5.41) is 15.1.